The first kappa shape index (κ1) is 25.3. The van der Waals surface area contributed by atoms with E-state index in [1.165, 1.54) is 53.2 Å². The number of carbonyl (C=O) groups is 1. The maximum atomic E-state index is 13.5. The van der Waals surface area contributed by atoms with Crippen molar-refractivity contribution in [1.29, 1.82) is 0 Å². The fraction of sp³-hybridized carbons (Fsp3) is 0.231. The maximum absolute atomic E-state index is 13.5. The molecule has 1 aliphatic heterocycles. The zero-order valence-electron chi connectivity index (χ0n) is 19.9. The average molecular weight is 528 g/mol. The van der Waals surface area contributed by atoms with E-state index < -0.39 is 23.4 Å². The molecule has 0 unspecified atom stereocenters. The number of halogens is 5. The molecule has 4 aromatic rings. The molecule has 0 saturated carbocycles. The number of rotatable bonds is 5. The highest BCUT2D eigenvalue weighted by Gasteiger charge is 2.32. The molecule has 1 fully saturated rings. The largest absolute Gasteiger partial charge is 0.416 e. The second kappa shape index (κ2) is 10.2. The van der Waals surface area contributed by atoms with Crippen molar-refractivity contribution in [2.75, 3.05) is 31.1 Å². The molecule has 0 bridgehead atoms. The fourth-order valence-corrected chi connectivity index (χ4v) is 4.17. The predicted octanol–water partition coefficient (Wildman–Crippen LogP) is 4.65. The van der Waals surface area contributed by atoms with Gasteiger partial charge < -0.3 is 9.80 Å². The quantitative estimate of drug-likeness (QED) is 0.353. The minimum atomic E-state index is -4.47. The second-order valence-electron chi connectivity index (χ2n) is 8.70. The van der Waals surface area contributed by atoms with Crippen molar-refractivity contribution >= 4 is 11.7 Å². The first-order valence-electron chi connectivity index (χ1n) is 11.7. The van der Waals surface area contributed by atoms with Crippen LogP contribution >= 0.6 is 0 Å². The number of nitrogens with zero attached hydrogens (tertiary/aromatic N) is 6. The smallest absolute Gasteiger partial charge is 0.353 e. The zero-order valence-corrected chi connectivity index (χ0v) is 19.9. The summed E-state index contributed by atoms with van der Waals surface area (Å²) in [7, 11) is 0. The van der Waals surface area contributed by atoms with Gasteiger partial charge in [0.25, 0.3) is 0 Å². The molecule has 196 valence electrons. The van der Waals surface area contributed by atoms with Crippen LogP contribution in [0.5, 0.6) is 0 Å². The Bertz CT molecular complexity index is 1430. The number of alkyl halides is 3. The van der Waals surface area contributed by atoms with Gasteiger partial charge in [-0.05, 0) is 60.7 Å². The highest BCUT2D eigenvalue weighted by molar-refractivity contribution is 5.77. The van der Waals surface area contributed by atoms with E-state index in [9.17, 15) is 26.7 Å². The van der Waals surface area contributed by atoms with Crippen LogP contribution < -0.4 is 4.90 Å². The van der Waals surface area contributed by atoms with Crippen LogP contribution in [-0.4, -0.2) is 56.7 Å². The second-order valence-corrected chi connectivity index (χ2v) is 8.70. The van der Waals surface area contributed by atoms with E-state index in [1.807, 2.05) is 0 Å². The molecule has 1 amide bonds. The van der Waals surface area contributed by atoms with Crippen molar-refractivity contribution in [2.24, 2.45) is 0 Å². The molecule has 0 atom stereocenters. The summed E-state index contributed by atoms with van der Waals surface area (Å²) in [6.45, 7) is 1.01. The summed E-state index contributed by atoms with van der Waals surface area (Å²) in [5.41, 5.74) is 0.307. The minimum absolute atomic E-state index is 0.164. The molecule has 38 heavy (non-hydrogen) atoms. The molecule has 12 heteroatoms. The van der Waals surface area contributed by atoms with Crippen molar-refractivity contribution in [3.05, 3.63) is 84.1 Å². The topological polar surface area (TPSA) is 67.2 Å². The summed E-state index contributed by atoms with van der Waals surface area (Å²) in [6, 6.07) is 13.1. The lowest BCUT2D eigenvalue weighted by Gasteiger charge is -2.35. The van der Waals surface area contributed by atoms with E-state index in [4.69, 9.17) is 0 Å². The number of piperazine rings is 1. The van der Waals surface area contributed by atoms with Gasteiger partial charge in [-0.25, -0.2) is 23.4 Å². The lowest BCUT2D eigenvalue weighted by atomic mass is 10.2. The lowest BCUT2D eigenvalue weighted by molar-refractivity contribution is -0.137. The molecule has 2 aromatic carbocycles. The molecule has 1 aliphatic rings. The van der Waals surface area contributed by atoms with Crippen LogP contribution in [0.3, 0.4) is 0 Å². The number of pyridine rings is 1. The standard InChI is InChI=1S/C26H21F5N6O/c27-20-5-1-17(2-6-20)24-33-25(18-3-7-21(28)8-4-18)37(34-24)16-23(38)36-13-11-35(12-14-36)22-15-19(9-10-32-22)26(29,30)31/h1-10,15H,11-14,16H2. The molecule has 2 aromatic heterocycles. The Morgan fingerprint density at radius 3 is 2.05 bits per heavy atom. The normalized spacial score (nSPS) is 14.1. The Morgan fingerprint density at radius 2 is 1.45 bits per heavy atom. The van der Waals surface area contributed by atoms with Crippen molar-refractivity contribution < 1.29 is 26.7 Å². The van der Waals surface area contributed by atoms with Crippen LogP contribution in [0.4, 0.5) is 27.8 Å². The first-order chi connectivity index (χ1) is 18.2. The highest BCUT2D eigenvalue weighted by atomic mass is 19.4. The number of carbonyl (C=O) groups excluding carboxylic acids is 1. The summed E-state index contributed by atoms with van der Waals surface area (Å²) < 4.78 is 67.5. The molecular formula is C26H21F5N6O. The van der Waals surface area contributed by atoms with Crippen molar-refractivity contribution in [3.63, 3.8) is 0 Å². The van der Waals surface area contributed by atoms with Crippen molar-refractivity contribution in [2.45, 2.75) is 12.7 Å². The summed E-state index contributed by atoms with van der Waals surface area (Å²) in [4.78, 5) is 25.0. The summed E-state index contributed by atoms with van der Waals surface area (Å²) in [6.07, 6.45) is -3.35. The van der Waals surface area contributed by atoms with E-state index in [0.717, 1.165) is 18.3 Å². The van der Waals surface area contributed by atoms with Gasteiger partial charge in [0.2, 0.25) is 5.91 Å². The number of benzene rings is 2. The zero-order chi connectivity index (χ0) is 26.9. The van der Waals surface area contributed by atoms with E-state index >= 15 is 0 Å². The van der Waals surface area contributed by atoms with Gasteiger partial charge in [-0.15, -0.1) is 5.10 Å². The van der Waals surface area contributed by atoms with Gasteiger partial charge >= 0.3 is 6.18 Å². The first-order valence-corrected chi connectivity index (χ1v) is 11.7. The maximum Gasteiger partial charge on any atom is 0.416 e. The number of aromatic nitrogens is 4. The third kappa shape index (κ3) is 5.48. The van der Waals surface area contributed by atoms with Gasteiger partial charge in [0.15, 0.2) is 11.6 Å². The number of anilines is 1. The SMILES string of the molecule is O=C(Cn1nc(-c2ccc(F)cc2)nc1-c1ccc(F)cc1)N1CCN(c2cc(C(F)(F)F)ccn2)CC1. The average Bonchev–Trinajstić information content (AvgIpc) is 3.32. The summed E-state index contributed by atoms with van der Waals surface area (Å²) >= 11 is 0. The van der Waals surface area contributed by atoms with E-state index in [-0.39, 0.29) is 37.2 Å². The van der Waals surface area contributed by atoms with E-state index in [2.05, 4.69) is 15.1 Å². The molecule has 1 saturated heterocycles. The van der Waals surface area contributed by atoms with Gasteiger partial charge in [-0.2, -0.15) is 13.2 Å². The molecule has 0 spiro atoms. The third-order valence-corrected chi connectivity index (χ3v) is 6.19. The van der Waals surface area contributed by atoms with Gasteiger partial charge in [0.1, 0.15) is 24.0 Å². The van der Waals surface area contributed by atoms with Crippen LogP contribution in [0, 0.1) is 11.6 Å². The lowest BCUT2D eigenvalue weighted by Crippen LogP contribution is -2.50. The van der Waals surface area contributed by atoms with Crippen LogP contribution in [-0.2, 0) is 17.5 Å². The highest BCUT2D eigenvalue weighted by Crippen LogP contribution is 2.31. The number of hydrogen-bond acceptors (Lipinski definition) is 5. The number of hydrogen-bond donors (Lipinski definition) is 0. The summed E-state index contributed by atoms with van der Waals surface area (Å²) in [5.74, 6) is -0.294. The Balaban J connectivity index is 1.32. The van der Waals surface area contributed by atoms with Gasteiger partial charge in [-0.3, -0.25) is 4.79 Å². The van der Waals surface area contributed by atoms with Crippen LogP contribution in [0.1, 0.15) is 5.56 Å². The minimum Gasteiger partial charge on any atom is -0.353 e. The molecule has 7 nitrogen and oxygen atoms in total. The van der Waals surface area contributed by atoms with Gasteiger partial charge in [0.05, 0.1) is 5.56 Å². The van der Waals surface area contributed by atoms with Crippen LogP contribution in [0.2, 0.25) is 0 Å². The predicted molar refractivity (Wildman–Crippen MR) is 129 cm³/mol. The van der Waals surface area contributed by atoms with Gasteiger partial charge in [0, 0.05) is 43.5 Å². The monoisotopic (exact) mass is 528 g/mol. The Morgan fingerprint density at radius 1 is 0.842 bits per heavy atom. The molecule has 0 radical (unpaired) electrons. The van der Waals surface area contributed by atoms with Crippen molar-refractivity contribution in [1.82, 2.24) is 24.6 Å². The fourth-order valence-electron chi connectivity index (χ4n) is 4.17. The van der Waals surface area contributed by atoms with Gasteiger partial charge in [-0.1, -0.05) is 0 Å². The molecule has 0 N–H and O–H groups in total. The Kier molecular flexibility index (Phi) is 6.79. The van der Waals surface area contributed by atoms with Crippen LogP contribution in [0.15, 0.2) is 66.9 Å². The molecule has 0 aliphatic carbocycles. The molecule has 3 heterocycles. The molecule has 5 rings (SSSR count). The van der Waals surface area contributed by atoms with Crippen LogP contribution in [0.25, 0.3) is 22.8 Å². The Hall–Kier alpha value is -4.35. The molecular weight excluding hydrogens is 507 g/mol. The third-order valence-electron chi connectivity index (χ3n) is 6.19. The number of amides is 1. The van der Waals surface area contributed by atoms with Crippen molar-refractivity contribution in [3.8, 4) is 22.8 Å². The summed E-state index contributed by atoms with van der Waals surface area (Å²) in [5, 5.41) is 4.45. The van der Waals surface area contributed by atoms with E-state index in [1.54, 1.807) is 9.80 Å². The Labute approximate surface area is 214 Å². The van der Waals surface area contributed by atoms with E-state index in [0.29, 0.717) is 30.0 Å².